The Hall–Kier alpha value is -1.20. The van der Waals surface area contributed by atoms with E-state index in [1.807, 2.05) is 6.92 Å². The Kier molecular flexibility index (Phi) is 9.08. The molecule has 0 aromatic heterocycles. The highest BCUT2D eigenvalue weighted by atomic mass is 35.5. The molecule has 3 N–H and O–H groups in total. The number of aryl methyl sites for hydroxylation is 1. The number of benzene rings is 1. The van der Waals surface area contributed by atoms with Crippen LogP contribution in [0.25, 0.3) is 0 Å². The molecular weight excluding hydrogens is 286 g/mol. The molecule has 0 heterocycles. The molecule has 114 valence electrons. The summed E-state index contributed by atoms with van der Waals surface area (Å²) in [6, 6.07) is 3.88. The zero-order chi connectivity index (χ0) is 14.3. The van der Waals surface area contributed by atoms with E-state index in [0.29, 0.717) is 31.4 Å². The second-order valence-electron chi connectivity index (χ2n) is 4.72. The topological polar surface area (TPSA) is 55.1 Å². The molecule has 1 atom stereocenters. The SMILES string of the molecule is CC(N)CCNC(=O)CCCc1ccc(F)c(F)c1.Cl. The van der Waals surface area contributed by atoms with Gasteiger partial charge in [-0.2, -0.15) is 0 Å². The Morgan fingerprint density at radius 1 is 1.35 bits per heavy atom. The molecule has 0 saturated heterocycles. The molecule has 1 unspecified atom stereocenters. The van der Waals surface area contributed by atoms with E-state index in [4.69, 9.17) is 5.73 Å². The second kappa shape index (κ2) is 9.66. The van der Waals surface area contributed by atoms with Crippen molar-refractivity contribution in [1.82, 2.24) is 5.32 Å². The van der Waals surface area contributed by atoms with Gasteiger partial charge in [0.25, 0.3) is 0 Å². The summed E-state index contributed by atoms with van der Waals surface area (Å²) in [7, 11) is 0. The molecule has 0 bridgehead atoms. The first-order valence-electron chi connectivity index (χ1n) is 6.45. The second-order valence-corrected chi connectivity index (χ2v) is 4.72. The summed E-state index contributed by atoms with van der Waals surface area (Å²) in [4.78, 5) is 11.4. The van der Waals surface area contributed by atoms with Crippen molar-refractivity contribution in [3.05, 3.63) is 35.4 Å². The molecule has 0 fully saturated rings. The Labute approximate surface area is 124 Å². The molecule has 1 rings (SSSR count). The Balaban J connectivity index is 0.00000361. The maximum absolute atomic E-state index is 12.9. The number of carbonyl (C=O) groups excluding carboxylic acids is 1. The lowest BCUT2D eigenvalue weighted by Crippen LogP contribution is -2.28. The van der Waals surface area contributed by atoms with Gasteiger partial charge in [0.1, 0.15) is 0 Å². The van der Waals surface area contributed by atoms with E-state index in [9.17, 15) is 13.6 Å². The highest BCUT2D eigenvalue weighted by Crippen LogP contribution is 2.11. The van der Waals surface area contributed by atoms with Crippen LogP contribution >= 0.6 is 12.4 Å². The van der Waals surface area contributed by atoms with E-state index in [-0.39, 0.29) is 24.4 Å². The first-order chi connectivity index (χ1) is 8.99. The number of hydrogen-bond acceptors (Lipinski definition) is 2. The van der Waals surface area contributed by atoms with Crippen LogP contribution in [-0.4, -0.2) is 18.5 Å². The van der Waals surface area contributed by atoms with E-state index in [1.54, 1.807) is 0 Å². The maximum Gasteiger partial charge on any atom is 0.220 e. The van der Waals surface area contributed by atoms with Gasteiger partial charge in [-0.25, -0.2) is 8.78 Å². The van der Waals surface area contributed by atoms with Crippen molar-refractivity contribution in [2.24, 2.45) is 5.73 Å². The van der Waals surface area contributed by atoms with Crippen molar-refractivity contribution < 1.29 is 13.6 Å². The van der Waals surface area contributed by atoms with Crippen molar-refractivity contribution in [3.8, 4) is 0 Å². The Bertz CT molecular complexity index is 428. The van der Waals surface area contributed by atoms with Gasteiger partial charge in [0, 0.05) is 19.0 Å². The summed E-state index contributed by atoms with van der Waals surface area (Å²) >= 11 is 0. The molecule has 20 heavy (non-hydrogen) atoms. The van der Waals surface area contributed by atoms with Gasteiger partial charge in [0.15, 0.2) is 11.6 Å². The van der Waals surface area contributed by atoms with Crippen LogP contribution in [0.3, 0.4) is 0 Å². The van der Waals surface area contributed by atoms with Crippen molar-refractivity contribution >= 4 is 18.3 Å². The molecule has 0 spiro atoms. The summed E-state index contributed by atoms with van der Waals surface area (Å²) < 4.78 is 25.6. The molecule has 1 amide bonds. The van der Waals surface area contributed by atoms with Crippen LogP contribution in [0.1, 0.15) is 31.7 Å². The van der Waals surface area contributed by atoms with Crippen LogP contribution in [-0.2, 0) is 11.2 Å². The van der Waals surface area contributed by atoms with E-state index < -0.39 is 11.6 Å². The van der Waals surface area contributed by atoms with Gasteiger partial charge in [-0.3, -0.25) is 4.79 Å². The third-order valence-electron chi connectivity index (χ3n) is 2.78. The van der Waals surface area contributed by atoms with Crippen LogP contribution in [0.2, 0.25) is 0 Å². The molecule has 1 aromatic rings. The van der Waals surface area contributed by atoms with Gasteiger partial charge in [-0.05, 0) is 43.9 Å². The van der Waals surface area contributed by atoms with Gasteiger partial charge in [-0.15, -0.1) is 12.4 Å². The summed E-state index contributed by atoms with van der Waals surface area (Å²) in [5.74, 6) is -1.74. The maximum atomic E-state index is 12.9. The standard InChI is InChI=1S/C14H20F2N2O.ClH/c1-10(17)7-8-18-14(19)4-2-3-11-5-6-12(15)13(16)9-11;/h5-6,9-10H,2-4,7-8,17H2,1H3,(H,18,19);1H. The average Bonchev–Trinajstić information content (AvgIpc) is 2.33. The highest BCUT2D eigenvalue weighted by Gasteiger charge is 2.05. The van der Waals surface area contributed by atoms with Crippen LogP contribution in [0.5, 0.6) is 0 Å². The van der Waals surface area contributed by atoms with Gasteiger partial charge in [0.2, 0.25) is 5.91 Å². The lowest BCUT2D eigenvalue weighted by molar-refractivity contribution is -0.121. The molecule has 0 aliphatic heterocycles. The summed E-state index contributed by atoms with van der Waals surface area (Å²) in [6.07, 6.45) is 2.28. The van der Waals surface area contributed by atoms with E-state index in [1.165, 1.54) is 12.1 Å². The molecule has 1 aromatic carbocycles. The summed E-state index contributed by atoms with van der Waals surface area (Å²) in [5.41, 5.74) is 6.26. The first kappa shape index (κ1) is 18.8. The van der Waals surface area contributed by atoms with E-state index >= 15 is 0 Å². The quantitative estimate of drug-likeness (QED) is 0.813. The minimum Gasteiger partial charge on any atom is -0.356 e. The molecule has 3 nitrogen and oxygen atoms in total. The molecule has 0 radical (unpaired) electrons. The highest BCUT2D eigenvalue weighted by molar-refractivity contribution is 5.85. The number of nitrogens with one attached hydrogen (secondary N) is 1. The summed E-state index contributed by atoms with van der Waals surface area (Å²) in [5, 5.41) is 2.77. The number of carbonyl (C=O) groups is 1. The number of nitrogens with two attached hydrogens (primary N) is 1. The zero-order valence-electron chi connectivity index (χ0n) is 11.5. The number of amides is 1. The monoisotopic (exact) mass is 306 g/mol. The number of rotatable bonds is 7. The average molecular weight is 307 g/mol. The third kappa shape index (κ3) is 7.40. The predicted molar refractivity (Wildman–Crippen MR) is 77.8 cm³/mol. The van der Waals surface area contributed by atoms with E-state index in [0.717, 1.165) is 12.5 Å². The predicted octanol–water partition coefficient (Wildman–Crippen LogP) is 2.56. The fourth-order valence-electron chi connectivity index (χ4n) is 1.68. The first-order valence-corrected chi connectivity index (χ1v) is 6.45. The smallest absolute Gasteiger partial charge is 0.220 e. The van der Waals surface area contributed by atoms with Gasteiger partial charge in [-0.1, -0.05) is 6.07 Å². The van der Waals surface area contributed by atoms with Gasteiger partial charge in [0.05, 0.1) is 0 Å². The lowest BCUT2D eigenvalue weighted by atomic mass is 10.1. The molecule has 0 saturated carbocycles. The van der Waals surface area contributed by atoms with Crippen LogP contribution in [0, 0.1) is 11.6 Å². The fourth-order valence-corrected chi connectivity index (χ4v) is 1.68. The number of hydrogen-bond donors (Lipinski definition) is 2. The van der Waals surface area contributed by atoms with Crippen molar-refractivity contribution in [1.29, 1.82) is 0 Å². The van der Waals surface area contributed by atoms with Crippen molar-refractivity contribution in [3.63, 3.8) is 0 Å². The Morgan fingerprint density at radius 2 is 2.05 bits per heavy atom. The summed E-state index contributed by atoms with van der Waals surface area (Å²) in [6.45, 7) is 2.46. The lowest BCUT2D eigenvalue weighted by Gasteiger charge is -2.07. The third-order valence-corrected chi connectivity index (χ3v) is 2.78. The molecular formula is C14H21ClF2N2O. The molecule has 6 heteroatoms. The van der Waals surface area contributed by atoms with Crippen LogP contribution < -0.4 is 11.1 Å². The van der Waals surface area contributed by atoms with Gasteiger partial charge >= 0.3 is 0 Å². The van der Waals surface area contributed by atoms with E-state index in [2.05, 4.69) is 5.32 Å². The van der Waals surface area contributed by atoms with Crippen LogP contribution in [0.4, 0.5) is 8.78 Å². The molecule has 0 aliphatic carbocycles. The number of halogens is 3. The Morgan fingerprint density at radius 3 is 2.65 bits per heavy atom. The van der Waals surface area contributed by atoms with Crippen molar-refractivity contribution in [2.75, 3.05) is 6.54 Å². The minimum absolute atomic E-state index is 0. The fraction of sp³-hybridized carbons (Fsp3) is 0.500. The normalized spacial score (nSPS) is 11.6. The van der Waals surface area contributed by atoms with Crippen molar-refractivity contribution in [2.45, 2.75) is 38.6 Å². The zero-order valence-corrected chi connectivity index (χ0v) is 12.3. The largest absolute Gasteiger partial charge is 0.356 e. The molecule has 0 aliphatic rings. The minimum atomic E-state index is -0.850. The van der Waals surface area contributed by atoms with Gasteiger partial charge < -0.3 is 11.1 Å². The van der Waals surface area contributed by atoms with Crippen LogP contribution in [0.15, 0.2) is 18.2 Å².